The van der Waals surface area contributed by atoms with E-state index in [1.165, 1.54) is 27.8 Å². The van der Waals surface area contributed by atoms with Crippen molar-refractivity contribution in [3.63, 3.8) is 0 Å². The topological polar surface area (TPSA) is 38.7 Å². The summed E-state index contributed by atoms with van der Waals surface area (Å²) < 4.78 is 0. The van der Waals surface area contributed by atoms with Gasteiger partial charge in [-0.05, 0) is 45.5 Å². The molecule has 0 bridgehead atoms. The summed E-state index contributed by atoms with van der Waals surface area (Å²) in [7, 11) is 0. The van der Waals surface area contributed by atoms with E-state index in [0.717, 1.165) is 22.3 Å². The summed E-state index contributed by atoms with van der Waals surface area (Å²) in [5.74, 6) is 1.87. The van der Waals surface area contributed by atoms with Crippen LogP contribution in [0.3, 0.4) is 0 Å². The number of fused-ring (bicyclic) bond motifs is 3. The lowest BCUT2D eigenvalue weighted by Gasteiger charge is -2.21. The zero-order valence-corrected chi connectivity index (χ0v) is 23.0. The van der Waals surface area contributed by atoms with Crippen LogP contribution < -0.4 is 0 Å². The van der Waals surface area contributed by atoms with E-state index in [0.29, 0.717) is 22.5 Å². The van der Waals surface area contributed by atoms with Crippen LogP contribution in [0.25, 0.3) is 56.4 Å². The van der Waals surface area contributed by atoms with Crippen molar-refractivity contribution in [1.82, 2.24) is 15.0 Å². The minimum absolute atomic E-state index is 0.110. The molecule has 0 saturated carbocycles. The van der Waals surface area contributed by atoms with Crippen LogP contribution in [0.2, 0.25) is 5.02 Å². The number of benzene rings is 5. The minimum Gasteiger partial charge on any atom is -0.208 e. The molecule has 40 heavy (non-hydrogen) atoms. The molecule has 192 valence electrons. The average Bonchev–Trinajstić information content (AvgIpc) is 3.24. The van der Waals surface area contributed by atoms with Crippen LogP contribution in [-0.4, -0.2) is 15.0 Å². The van der Waals surface area contributed by atoms with Crippen LogP contribution >= 0.6 is 11.6 Å². The molecule has 0 saturated heterocycles. The quantitative estimate of drug-likeness (QED) is 0.225. The first-order valence-electron chi connectivity index (χ1n) is 13.4. The number of hydrogen-bond donors (Lipinski definition) is 0. The lowest BCUT2D eigenvalue weighted by Crippen LogP contribution is -2.14. The van der Waals surface area contributed by atoms with Crippen LogP contribution in [-0.2, 0) is 5.41 Å². The van der Waals surface area contributed by atoms with Gasteiger partial charge in [-0.2, -0.15) is 0 Å². The molecule has 5 aromatic carbocycles. The van der Waals surface area contributed by atoms with Gasteiger partial charge >= 0.3 is 0 Å². The Morgan fingerprint density at radius 2 is 1.02 bits per heavy atom. The molecule has 0 spiro atoms. The van der Waals surface area contributed by atoms with Crippen molar-refractivity contribution in [3.8, 4) is 56.4 Å². The van der Waals surface area contributed by atoms with E-state index in [4.69, 9.17) is 26.6 Å². The molecule has 4 heteroatoms. The van der Waals surface area contributed by atoms with Crippen molar-refractivity contribution in [2.24, 2.45) is 0 Å². The summed E-state index contributed by atoms with van der Waals surface area (Å²) in [6, 6.07) is 41.5. The van der Waals surface area contributed by atoms with Crippen molar-refractivity contribution in [2.45, 2.75) is 19.3 Å². The van der Waals surface area contributed by atoms with Gasteiger partial charge in [-0.1, -0.05) is 135 Å². The van der Waals surface area contributed by atoms with Crippen molar-refractivity contribution < 1.29 is 0 Å². The van der Waals surface area contributed by atoms with Crippen molar-refractivity contribution >= 4 is 11.6 Å². The van der Waals surface area contributed by atoms with Crippen molar-refractivity contribution in [3.05, 3.63) is 137 Å². The molecule has 1 aliphatic carbocycles. The highest BCUT2D eigenvalue weighted by molar-refractivity contribution is 6.30. The van der Waals surface area contributed by atoms with Crippen LogP contribution in [0.15, 0.2) is 121 Å². The van der Waals surface area contributed by atoms with E-state index in [-0.39, 0.29) is 5.41 Å². The molecule has 1 heterocycles. The highest BCUT2D eigenvalue weighted by atomic mass is 35.5. The van der Waals surface area contributed by atoms with Gasteiger partial charge < -0.3 is 0 Å². The van der Waals surface area contributed by atoms with Gasteiger partial charge in [0, 0.05) is 27.1 Å². The summed E-state index contributed by atoms with van der Waals surface area (Å²) in [6.07, 6.45) is 0. The van der Waals surface area contributed by atoms with Gasteiger partial charge in [0.1, 0.15) is 0 Å². The fourth-order valence-corrected chi connectivity index (χ4v) is 5.96. The SMILES string of the molecule is CC1(C)c2ccccc2-c2c(-c3nc(-c4ccc(-c5ccccc5)cc4)nc(-c4cccc(Cl)c4)n3)cccc21. The van der Waals surface area contributed by atoms with Crippen LogP contribution in [0.4, 0.5) is 0 Å². The fourth-order valence-electron chi connectivity index (χ4n) is 5.77. The molecule has 0 atom stereocenters. The predicted octanol–water partition coefficient (Wildman–Crippen LogP) is 9.50. The van der Waals surface area contributed by atoms with Gasteiger partial charge in [0.15, 0.2) is 17.5 Å². The molecule has 0 aliphatic heterocycles. The van der Waals surface area contributed by atoms with Gasteiger partial charge in [0.05, 0.1) is 0 Å². The Morgan fingerprint density at radius 3 is 1.80 bits per heavy atom. The van der Waals surface area contributed by atoms with Gasteiger partial charge in [-0.3, -0.25) is 0 Å². The van der Waals surface area contributed by atoms with E-state index in [1.807, 2.05) is 30.3 Å². The van der Waals surface area contributed by atoms with Crippen molar-refractivity contribution in [2.75, 3.05) is 0 Å². The Bertz CT molecular complexity index is 1880. The maximum atomic E-state index is 6.38. The second kappa shape index (κ2) is 9.55. The largest absolute Gasteiger partial charge is 0.208 e. The van der Waals surface area contributed by atoms with E-state index in [1.54, 1.807) is 0 Å². The maximum Gasteiger partial charge on any atom is 0.164 e. The minimum atomic E-state index is -0.110. The molecule has 7 rings (SSSR count). The molecule has 0 fully saturated rings. The first kappa shape index (κ1) is 24.4. The van der Waals surface area contributed by atoms with Crippen LogP contribution in [0.1, 0.15) is 25.0 Å². The molecule has 0 radical (unpaired) electrons. The van der Waals surface area contributed by atoms with Crippen LogP contribution in [0, 0.1) is 0 Å². The maximum absolute atomic E-state index is 6.38. The molecule has 0 N–H and O–H groups in total. The third kappa shape index (κ3) is 4.11. The smallest absolute Gasteiger partial charge is 0.164 e. The highest BCUT2D eigenvalue weighted by Gasteiger charge is 2.37. The van der Waals surface area contributed by atoms with E-state index < -0.39 is 0 Å². The fraction of sp³-hybridized carbons (Fsp3) is 0.0833. The molecular weight excluding hydrogens is 510 g/mol. The Kier molecular flexibility index (Phi) is 5.83. The monoisotopic (exact) mass is 535 g/mol. The zero-order chi connectivity index (χ0) is 27.3. The number of nitrogens with zero attached hydrogens (tertiary/aromatic N) is 3. The van der Waals surface area contributed by atoms with Gasteiger partial charge in [0.25, 0.3) is 0 Å². The molecule has 0 amide bonds. The molecular formula is C36H26ClN3. The zero-order valence-electron chi connectivity index (χ0n) is 22.3. The Balaban J connectivity index is 1.43. The highest BCUT2D eigenvalue weighted by Crippen LogP contribution is 2.51. The van der Waals surface area contributed by atoms with Gasteiger partial charge in [0.2, 0.25) is 0 Å². The third-order valence-corrected chi connectivity index (χ3v) is 8.05. The number of halogens is 1. The summed E-state index contributed by atoms with van der Waals surface area (Å²) in [4.78, 5) is 15.0. The summed E-state index contributed by atoms with van der Waals surface area (Å²) >= 11 is 6.38. The molecule has 6 aromatic rings. The first-order valence-corrected chi connectivity index (χ1v) is 13.8. The molecule has 3 nitrogen and oxygen atoms in total. The number of aromatic nitrogens is 3. The van der Waals surface area contributed by atoms with Crippen molar-refractivity contribution in [1.29, 1.82) is 0 Å². The standard InChI is InChI=1S/C36H26ClN3/c1-36(2)30-16-7-6-14-28(30)32-29(15-9-17-31(32)36)35-39-33(38-34(40-35)26-12-8-13-27(37)22-26)25-20-18-24(19-21-25)23-10-4-3-5-11-23/h3-22H,1-2H3. The average molecular weight is 536 g/mol. The summed E-state index contributed by atoms with van der Waals surface area (Å²) in [5, 5.41) is 0.643. The van der Waals surface area contributed by atoms with E-state index in [2.05, 4.69) is 105 Å². The molecule has 1 aliphatic rings. The number of hydrogen-bond acceptors (Lipinski definition) is 3. The Morgan fingerprint density at radius 1 is 0.475 bits per heavy atom. The summed E-state index contributed by atoms with van der Waals surface area (Å²) in [5.41, 5.74) is 10.0. The lowest BCUT2D eigenvalue weighted by atomic mass is 9.82. The second-order valence-electron chi connectivity index (χ2n) is 10.7. The van der Waals surface area contributed by atoms with E-state index in [9.17, 15) is 0 Å². The Hall–Kier alpha value is -4.60. The lowest BCUT2D eigenvalue weighted by molar-refractivity contribution is 0.660. The molecule has 0 unspecified atom stereocenters. The van der Waals surface area contributed by atoms with Gasteiger partial charge in [-0.25, -0.2) is 15.0 Å². The second-order valence-corrected chi connectivity index (χ2v) is 11.1. The van der Waals surface area contributed by atoms with Crippen LogP contribution in [0.5, 0.6) is 0 Å². The predicted molar refractivity (Wildman–Crippen MR) is 164 cm³/mol. The molecule has 1 aromatic heterocycles. The third-order valence-electron chi connectivity index (χ3n) is 7.82. The van der Waals surface area contributed by atoms with Gasteiger partial charge in [-0.15, -0.1) is 0 Å². The first-order chi connectivity index (χ1) is 19.5. The summed E-state index contributed by atoms with van der Waals surface area (Å²) in [6.45, 7) is 4.57. The van der Waals surface area contributed by atoms with E-state index >= 15 is 0 Å². The number of rotatable bonds is 4. The Labute approximate surface area is 239 Å². The normalized spacial score (nSPS) is 13.1.